The van der Waals surface area contributed by atoms with E-state index in [1.54, 1.807) is 28.9 Å². The lowest BCUT2D eigenvalue weighted by Crippen LogP contribution is -1.87. The zero-order valence-corrected chi connectivity index (χ0v) is 12.3. The number of thiophene rings is 1. The Hall–Kier alpha value is -1.24. The Bertz CT molecular complexity index is 669. The minimum atomic E-state index is 0.808. The molecule has 6 heteroatoms. The maximum absolute atomic E-state index is 4.44. The molecule has 1 N–H and O–H groups in total. The van der Waals surface area contributed by atoms with E-state index in [0.29, 0.717) is 0 Å². The van der Waals surface area contributed by atoms with Gasteiger partial charge in [-0.15, -0.1) is 11.3 Å². The lowest BCUT2D eigenvalue weighted by atomic mass is 10.3. The number of nitrogens with one attached hydrogen (secondary N) is 1. The van der Waals surface area contributed by atoms with Gasteiger partial charge >= 0.3 is 0 Å². The highest BCUT2D eigenvalue weighted by Crippen LogP contribution is 2.25. The topological polar surface area (TPSA) is 37.3 Å². The molecule has 18 heavy (non-hydrogen) atoms. The van der Waals surface area contributed by atoms with Gasteiger partial charge in [-0.2, -0.15) is 5.10 Å². The molecule has 2 aromatic heterocycles. The van der Waals surface area contributed by atoms with Crippen molar-refractivity contribution in [1.82, 2.24) is 4.98 Å². The largest absolute Gasteiger partial charge is 0.253 e. The summed E-state index contributed by atoms with van der Waals surface area (Å²) in [6.07, 6.45) is 1.79. The highest BCUT2D eigenvalue weighted by atomic mass is 79.9. The SMILES string of the molecule is Brc1ccc(/C=N/Nc2nc3ccccc3s2)s1. The zero-order chi connectivity index (χ0) is 12.4. The average Bonchev–Trinajstić information content (AvgIpc) is 2.95. The van der Waals surface area contributed by atoms with Gasteiger partial charge in [0, 0.05) is 4.88 Å². The molecule has 0 aliphatic carbocycles. The molecule has 3 nitrogen and oxygen atoms in total. The summed E-state index contributed by atoms with van der Waals surface area (Å²) in [5.41, 5.74) is 3.96. The maximum atomic E-state index is 4.44. The molecule has 0 fully saturated rings. The van der Waals surface area contributed by atoms with Crippen LogP contribution in [0.5, 0.6) is 0 Å². The second-order valence-electron chi connectivity index (χ2n) is 3.50. The fourth-order valence-corrected chi connectivity index (χ4v) is 3.58. The quantitative estimate of drug-likeness (QED) is 0.561. The first-order valence-corrected chi connectivity index (χ1v) is 7.64. The van der Waals surface area contributed by atoms with Gasteiger partial charge in [0.05, 0.1) is 20.2 Å². The molecule has 0 atom stereocenters. The van der Waals surface area contributed by atoms with Crippen LogP contribution in [0.4, 0.5) is 5.13 Å². The van der Waals surface area contributed by atoms with Gasteiger partial charge in [-0.05, 0) is 40.2 Å². The van der Waals surface area contributed by atoms with Crippen LogP contribution in [-0.4, -0.2) is 11.2 Å². The van der Waals surface area contributed by atoms with Crippen molar-refractivity contribution in [2.75, 3.05) is 5.43 Å². The Morgan fingerprint density at radius 3 is 2.83 bits per heavy atom. The van der Waals surface area contributed by atoms with Crippen LogP contribution in [0.3, 0.4) is 0 Å². The van der Waals surface area contributed by atoms with E-state index in [2.05, 4.69) is 37.5 Å². The Morgan fingerprint density at radius 2 is 2.06 bits per heavy atom. The summed E-state index contributed by atoms with van der Waals surface area (Å²) in [6.45, 7) is 0. The van der Waals surface area contributed by atoms with E-state index >= 15 is 0 Å². The standard InChI is InChI=1S/C12H8BrN3S2/c13-11-6-5-8(17-11)7-14-16-12-15-9-3-1-2-4-10(9)18-12/h1-7H,(H,15,16)/b14-7+. The summed E-state index contributed by atoms with van der Waals surface area (Å²) in [7, 11) is 0. The number of aromatic nitrogens is 1. The molecule has 90 valence electrons. The third-order valence-electron chi connectivity index (χ3n) is 2.24. The first-order valence-electron chi connectivity index (χ1n) is 5.21. The lowest BCUT2D eigenvalue weighted by molar-refractivity contribution is 1.31. The van der Waals surface area contributed by atoms with Gasteiger partial charge < -0.3 is 0 Å². The Morgan fingerprint density at radius 1 is 1.17 bits per heavy atom. The number of nitrogens with zero attached hydrogens (tertiary/aromatic N) is 2. The van der Waals surface area contributed by atoms with E-state index in [-0.39, 0.29) is 0 Å². The first kappa shape index (κ1) is 11.8. The molecule has 3 rings (SSSR count). The molecule has 0 radical (unpaired) electrons. The van der Waals surface area contributed by atoms with Crippen LogP contribution in [0.15, 0.2) is 45.3 Å². The number of hydrazone groups is 1. The van der Waals surface area contributed by atoms with Crippen molar-refractivity contribution < 1.29 is 0 Å². The number of hydrogen-bond donors (Lipinski definition) is 1. The average molecular weight is 338 g/mol. The summed E-state index contributed by atoms with van der Waals surface area (Å²) in [4.78, 5) is 5.53. The normalized spacial score (nSPS) is 11.4. The van der Waals surface area contributed by atoms with E-state index < -0.39 is 0 Å². The first-order chi connectivity index (χ1) is 8.81. The van der Waals surface area contributed by atoms with Crippen LogP contribution in [-0.2, 0) is 0 Å². The van der Waals surface area contributed by atoms with Crippen molar-refractivity contribution in [3.63, 3.8) is 0 Å². The number of rotatable bonds is 3. The predicted octanol–water partition coefficient (Wildman–Crippen LogP) is 4.57. The minimum absolute atomic E-state index is 0.808. The number of para-hydroxylation sites is 1. The van der Waals surface area contributed by atoms with Gasteiger partial charge in [0.2, 0.25) is 5.13 Å². The van der Waals surface area contributed by atoms with Crippen molar-refractivity contribution in [3.8, 4) is 0 Å². The summed E-state index contributed by atoms with van der Waals surface area (Å²) in [5.74, 6) is 0. The smallest absolute Gasteiger partial charge is 0.204 e. The van der Waals surface area contributed by atoms with E-state index in [9.17, 15) is 0 Å². The fourth-order valence-electron chi connectivity index (χ4n) is 1.47. The summed E-state index contributed by atoms with van der Waals surface area (Å²) in [6, 6.07) is 12.1. The molecule has 3 aromatic rings. The van der Waals surface area contributed by atoms with Crippen LogP contribution < -0.4 is 5.43 Å². The number of halogens is 1. The van der Waals surface area contributed by atoms with Gasteiger partial charge in [-0.1, -0.05) is 23.5 Å². The number of thiazole rings is 1. The molecular formula is C12H8BrN3S2. The van der Waals surface area contributed by atoms with Crippen molar-refractivity contribution in [3.05, 3.63) is 45.1 Å². The summed E-state index contributed by atoms with van der Waals surface area (Å²) >= 11 is 6.65. The van der Waals surface area contributed by atoms with Crippen molar-refractivity contribution in [2.24, 2.45) is 5.10 Å². The van der Waals surface area contributed by atoms with Crippen molar-refractivity contribution in [2.45, 2.75) is 0 Å². The van der Waals surface area contributed by atoms with Crippen molar-refractivity contribution >= 4 is 60.2 Å². The van der Waals surface area contributed by atoms with Gasteiger partial charge in [0.25, 0.3) is 0 Å². The molecule has 1 aromatic carbocycles. The van der Waals surface area contributed by atoms with Crippen LogP contribution in [0.1, 0.15) is 4.88 Å². The highest BCUT2D eigenvalue weighted by Gasteiger charge is 2.00. The second-order valence-corrected chi connectivity index (χ2v) is 7.02. The van der Waals surface area contributed by atoms with Crippen LogP contribution in [0.2, 0.25) is 0 Å². The second kappa shape index (κ2) is 5.17. The summed E-state index contributed by atoms with van der Waals surface area (Å²) in [5, 5.41) is 4.99. The van der Waals surface area contributed by atoms with Gasteiger partial charge in [0.1, 0.15) is 0 Å². The Kier molecular flexibility index (Phi) is 3.40. The Labute approximate surface area is 120 Å². The molecule has 0 saturated carbocycles. The predicted molar refractivity (Wildman–Crippen MR) is 82.9 cm³/mol. The molecule has 0 spiro atoms. The molecule has 0 saturated heterocycles. The highest BCUT2D eigenvalue weighted by molar-refractivity contribution is 9.11. The van der Waals surface area contributed by atoms with E-state index in [1.165, 1.54) is 0 Å². The molecule has 0 amide bonds. The molecule has 0 aliphatic heterocycles. The number of anilines is 1. The van der Waals surface area contributed by atoms with Gasteiger partial charge in [-0.25, -0.2) is 4.98 Å². The molecule has 0 aliphatic rings. The summed E-state index contributed by atoms with van der Waals surface area (Å²) < 4.78 is 2.26. The zero-order valence-electron chi connectivity index (χ0n) is 9.13. The molecular weight excluding hydrogens is 330 g/mol. The Balaban J connectivity index is 1.74. The molecule has 0 bridgehead atoms. The third kappa shape index (κ3) is 2.60. The third-order valence-corrected chi connectivity index (χ3v) is 4.74. The molecule has 0 unspecified atom stereocenters. The number of hydrogen-bond acceptors (Lipinski definition) is 5. The van der Waals surface area contributed by atoms with Gasteiger partial charge in [-0.3, -0.25) is 5.43 Å². The van der Waals surface area contributed by atoms with Crippen molar-refractivity contribution in [1.29, 1.82) is 0 Å². The van der Waals surface area contributed by atoms with Gasteiger partial charge in [0.15, 0.2) is 0 Å². The minimum Gasteiger partial charge on any atom is -0.253 e. The van der Waals surface area contributed by atoms with E-state index in [4.69, 9.17) is 0 Å². The van der Waals surface area contributed by atoms with Crippen LogP contribution in [0.25, 0.3) is 10.2 Å². The number of benzene rings is 1. The fraction of sp³-hybridized carbons (Fsp3) is 0. The van der Waals surface area contributed by atoms with E-state index in [1.807, 2.05) is 30.3 Å². The van der Waals surface area contributed by atoms with E-state index in [0.717, 1.165) is 24.0 Å². The van der Waals surface area contributed by atoms with Crippen LogP contribution in [0, 0.1) is 0 Å². The number of fused-ring (bicyclic) bond motifs is 1. The monoisotopic (exact) mass is 337 g/mol. The maximum Gasteiger partial charge on any atom is 0.204 e. The molecule has 2 heterocycles. The lowest BCUT2D eigenvalue weighted by Gasteiger charge is -1.90. The van der Waals surface area contributed by atoms with Crippen LogP contribution >= 0.6 is 38.6 Å².